The molecule has 0 heteroatoms. The summed E-state index contributed by atoms with van der Waals surface area (Å²) in [5, 5.41) is 0. The second-order valence-corrected chi connectivity index (χ2v) is 8.91. The van der Waals surface area contributed by atoms with Crippen LogP contribution in [-0.2, 0) is 0 Å². The highest BCUT2D eigenvalue weighted by molar-refractivity contribution is 4.89. The lowest BCUT2D eigenvalue weighted by molar-refractivity contribution is 0.0293. The Balaban J connectivity index is -0.000000301. The average molecular weight is 347 g/mol. The Bertz CT molecular complexity index is 222. The first-order valence-electron chi connectivity index (χ1n) is 9.04. The van der Waals surface area contributed by atoms with Gasteiger partial charge in [-0.1, -0.05) is 125 Å². The minimum atomic E-state index is 0. The Labute approximate surface area is 159 Å². The maximum absolute atomic E-state index is 2.44. The summed E-state index contributed by atoms with van der Waals surface area (Å²) in [6.45, 7) is 24.2. The molecule has 0 aliphatic heterocycles. The van der Waals surface area contributed by atoms with Crippen molar-refractivity contribution in [2.24, 2.45) is 34.5 Å². The van der Waals surface area contributed by atoms with Gasteiger partial charge in [-0.15, -0.1) is 0 Å². The van der Waals surface area contributed by atoms with Crippen LogP contribution in [0.15, 0.2) is 0 Å². The number of rotatable bonds is 7. The van der Waals surface area contributed by atoms with E-state index in [1.165, 1.54) is 25.7 Å². The zero-order chi connectivity index (χ0) is 16.1. The van der Waals surface area contributed by atoms with E-state index in [1.807, 2.05) is 0 Å². The topological polar surface area (TPSA) is 0 Å². The molecule has 0 fully saturated rings. The van der Waals surface area contributed by atoms with E-state index in [9.17, 15) is 0 Å². The van der Waals surface area contributed by atoms with Crippen LogP contribution in [0.5, 0.6) is 0 Å². The van der Waals surface area contributed by atoms with Crippen molar-refractivity contribution in [1.29, 1.82) is 0 Å². The van der Waals surface area contributed by atoms with Crippen LogP contribution in [0, 0.1) is 34.5 Å². The second kappa shape index (κ2) is 14.2. The third kappa shape index (κ3) is 9.47. The Kier molecular flexibility index (Phi) is 20.8. The van der Waals surface area contributed by atoms with E-state index < -0.39 is 0 Å². The third-order valence-electron chi connectivity index (χ3n) is 5.63. The van der Waals surface area contributed by atoms with Crippen molar-refractivity contribution in [1.82, 2.24) is 0 Å². The molecule has 0 saturated heterocycles. The first-order chi connectivity index (χ1) is 9.04. The highest BCUT2D eigenvalue weighted by atomic mass is 14.4. The molecule has 0 heterocycles. The van der Waals surface area contributed by atoms with E-state index in [2.05, 4.69) is 69.2 Å². The Morgan fingerprint density at radius 1 is 0.458 bits per heavy atom. The fourth-order valence-electron chi connectivity index (χ4n) is 4.89. The Morgan fingerprint density at radius 2 is 0.667 bits per heavy atom. The van der Waals surface area contributed by atoms with Crippen LogP contribution in [-0.4, -0.2) is 0 Å². The first kappa shape index (κ1) is 35.2. The third-order valence-corrected chi connectivity index (χ3v) is 5.63. The van der Waals surface area contributed by atoms with Crippen molar-refractivity contribution in [3.63, 3.8) is 0 Å². The lowest BCUT2D eigenvalue weighted by Crippen LogP contribution is -2.39. The first-order valence-corrected chi connectivity index (χ1v) is 9.04. The molecule has 0 aromatic rings. The van der Waals surface area contributed by atoms with Gasteiger partial charge in [-0.3, -0.25) is 0 Å². The van der Waals surface area contributed by atoms with Crippen LogP contribution in [0.4, 0.5) is 0 Å². The van der Waals surface area contributed by atoms with Gasteiger partial charge in [-0.05, 0) is 34.5 Å². The molecule has 0 radical (unpaired) electrons. The molecule has 0 aliphatic rings. The predicted molar refractivity (Wildman–Crippen MR) is 121 cm³/mol. The van der Waals surface area contributed by atoms with E-state index >= 15 is 0 Å². The van der Waals surface area contributed by atoms with Crippen molar-refractivity contribution < 1.29 is 0 Å². The maximum Gasteiger partial charge on any atom is -0.0337 e. The van der Waals surface area contributed by atoms with E-state index in [0.29, 0.717) is 10.8 Å². The summed E-state index contributed by atoms with van der Waals surface area (Å²) in [6.07, 6.45) is 5.31. The normalized spacial score (nSPS) is 16.2. The number of hydrogen-bond donors (Lipinski definition) is 0. The van der Waals surface area contributed by atoms with E-state index in [1.54, 1.807) is 0 Å². The molecule has 4 atom stereocenters. The van der Waals surface area contributed by atoms with Crippen LogP contribution in [0.25, 0.3) is 0 Å². The fraction of sp³-hybridized carbons (Fsp3) is 1.00. The van der Waals surface area contributed by atoms with Crippen molar-refractivity contribution >= 4 is 0 Å². The summed E-state index contributed by atoms with van der Waals surface area (Å²) < 4.78 is 0. The van der Waals surface area contributed by atoms with Gasteiger partial charge in [0.2, 0.25) is 0 Å². The van der Waals surface area contributed by atoms with Gasteiger partial charge >= 0.3 is 0 Å². The molecule has 0 aromatic carbocycles. The molecule has 0 saturated carbocycles. The van der Waals surface area contributed by atoms with E-state index in [4.69, 9.17) is 0 Å². The van der Waals surface area contributed by atoms with Gasteiger partial charge < -0.3 is 0 Å². The Morgan fingerprint density at radius 3 is 0.750 bits per heavy atom. The molecule has 0 N–H and O–H groups in total. The summed E-state index contributed by atoms with van der Waals surface area (Å²) in [4.78, 5) is 0. The van der Waals surface area contributed by atoms with Gasteiger partial charge in [0.1, 0.15) is 0 Å². The van der Waals surface area contributed by atoms with Crippen LogP contribution >= 0.6 is 0 Å². The van der Waals surface area contributed by atoms with Gasteiger partial charge in [0, 0.05) is 0 Å². The molecule has 4 unspecified atom stereocenters. The van der Waals surface area contributed by atoms with Crippen molar-refractivity contribution in [3.05, 3.63) is 0 Å². The standard InChI is InChI=1S/C20H42.4CH4/c1-11-15(17(13-3)19(5,6)7)16(12-2)18(14-4)20(8,9)10;;;;/h15-18H,11-14H2,1-10H3;4*1H4. The zero-order valence-electron chi connectivity index (χ0n) is 16.1. The largest absolute Gasteiger partial charge is 0.0776 e. The SMILES string of the molecule is C.C.C.C.CCC(C(CC)C(CC)C(C)(C)C)C(CC)C(C)(C)C. The molecular formula is C24H58. The summed E-state index contributed by atoms with van der Waals surface area (Å²) in [5.41, 5.74) is 0.859. The van der Waals surface area contributed by atoms with Crippen molar-refractivity contribution in [2.75, 3.05) is 0 Å². The molecule has 0 nitrogen and oxygen atoms in total. The lowest BCUT2D eigenvalue weighted by atomic mass is 9.59. The fourth-order valence-corrected chi connectivity index (χ4v) is 4.89. The summed E-state index contributed by atoms with van der Waals surface area (Å²) >= 11 is 0. The van der Waals surface area contributed by atoms with Gasteiger partial charge in [-0.2, -0.15) is 0 Å². The summed E-state index contributed by atoms with van der Waals surface area (Å²) in [6, 6.07) is 0. The molecular weight excluding hydrogens is 288 g/mol. The van der Waals surface area contributed by atoms with Crippen LogP contribution in [0.3, 0.4) is 0 Å². The van der Waals surface area contributed by atoms with Gasteiger partial charge in [0.25, 0.3) is 0 Å². The smallest absolute Gasteiger partial charge is 0.0337 e. The van der Waals surface area contributed by atoms with Crippen molar-refractivity contribution in [3.8, 4) is 0 Å². The van der Waals surface area contributed by atoms with Crippen LogP contribution in [0.1, 0.15) is 125 Å². The second-order valence-electron chi connectivity index (χ2n) is 8.91. The molecule has 0 aliphatic carbocycles. The molecule has 24 heavy (non-hydrogen) atoms. The maximum atomic E-state index is 2.44. The van der Waals surface area contributed by atoms with Crippen LogP contribution < -0.4 is 0 Å². The highest BCUT2D eigenvalue weighted by Crippen LogP contribution is 2.47. The molecule has 0 bridgehead atoms. The van der Waals surface area contributed by atoms with Gasteiger partial charge in [-0.25, -0.2) is 0 Å². The lowest BCUT2D eigenvalue weighted by Gasteiger charge is -2.46. The molecule has 0 spiro atoms. The molecule has 0 amide bonds. The van der Waals surface area contributed by atoms with E-state index in [-0.39, 0.29) is 29.7 Å². The van der Waals surface area contributed by atoms with Crippen molar-refractivity contribution in [2.45, 2.75) is 125 Å². The minimum Gasteiger partial charge on any atom is -0.0776 e. The summed E-state index contributed by atoms with van der Waals surface area (Å²) in [5.74, 6) is 3.42. The molecule has 0 rings (SSSR count). The predicted octanol–water partition coefficient (Wildman–Crippen LogP) is 9.73. The quantitative estimate of drug-likeness (QED) is 0.430. The number of hydrogen-bond acceptors (Lipinski definition) is 0. The Hall–Kier alpha value is 0. The molecule has 0 aromatic heterocycles. The summed E-state index contributed by atoms with van der Waals surface area (Å²) in [7, 11) is 0. The zero-order valence-corrected chi connectivity index (χ0v) is 16.1. The highest BCUT2D eigenvalue weighted by Gasteiger charge is 2.39. The monoisotopic (exact) mass is 346 g/mol. The van der Waals surface area contributed by atoms with Gasteiger partial charge in [0.15, 0.2) is 0 Å². The molecule has 154 valence electrons. The minimum absolute atomic E-state index is 0. The average Bonchev–Trinajstić information content (AvgIpc) is 2.29. The van der Waals surface area contributed by atoms with Gasteiger partial charge in [0.05, 0.1) is 0 Å². The van der Waals surface area contributed by atoms with E-state index in [0.717, 1.165) is 23.7 Å². The van der Waals surface area contributed by atoms with Crippen LogP contribution in [0.2, 0.25) is 0 Å².